The molecule has 0 bridgehead atoms. The highest BCUT2D eigenvalue weighted by Gasteiger charge is 2.61. The van der Waals surface area contributed by atoms with Crippen molar-refractivity contribution in [1.29, 1.82) is 0 Å². The fraction of sp³-hybridized carbons (Fsp3) is 0.882. The number of amides is 1. The summed E-state index contributed by atoms with van der Waals surface area (Å²) in [6.45, 7) is 9.80. The van der Waals surface area contributed by atoms with E-state index in [0.717, 1.165) is 19.1 Å². The minimum absolute atomic E-state index is 0.0534. The van der Waals surface area contributed by atoms with Crippen LogP contribution in [0.4, 0.5) is 0 Å². The zero-order valence-electron chi connectivity index (χ0n) is 15.9. The van der Waals surface area contributed by atoms with Gasteiger partial charge in [0.2, 0.25) is 15.9 Å². The summed E-state index contributed by atoms with van der Waals surface area (Å²) in [4.78, 5) is 26.4. The van der Waals surface area contributed by atoms with Gasteiger partial charge in [0.05, 0.1) is 6.26 Å². The highest BCUT2D eigenvalue weighted by molar-refractivity contribution is 7.88. The quantitative estimate of drug-likeness (QED) is 0.775. The molecule has 1 spiro atoms. The van der Waals surface area contributed by atoms with Crippen molar-refractivity contribution in [2.24, 2.45) is 16.2 Å². The van der Waals surface area contributed by atoms with Crippen molar-refractivity contribution in [1.82, 2.24) is 9.62 Å². The first-order valence-corrected chi connectivity index (χ1v) is 10.5. The molecule has 1 amide bonds. The number of carbonyl (C=O) groups excluding carboxylic acids is 1. The van der Waals surface area contributed by atoms with Crippen molar-refractivity contribution in [3.63, 3.8) is 0 Å². The van der Waals surface area contributed by atoms with Gasteiger partial charge in [-0.25, -0.2) is 17.9 Å². The zero-order chi connectivity index (χ0) is 19.4. The highest BCUT2D eigenvalue weighted by atomic mass is 32.2. The second-order valence-corrected chi connectivity index (χ2v) is 11.2. The van der Waals surface area contributed by atoms with Gasteiger partial charge in [-0.15, -0.1) is 0 Å². The van der Waals surface area contributed by atoms with Gasteiger partial charge in [-0.1, -0.05) is 34.6 Å². The minimum Gasteiger partial charge on any atom is -0.480 e. The van der Waals surface area contributed by atoms with Gasteiger partial charge in [0.1, 0.15) is 12.1 Å². The number of nitrogens with zero attached hydrogens (tertiary/aromatic N) is 1. The number of hydrogen-bond acceptors (Lipinski definition) is 4. The fourth-order valence-corrected chi connectivity index (χ4v) is 4.76. The molecule has 2 rings (SSSR count). The Morgan fingerprint density at radius 3 is 2.12 bits per heavy atom. The average molecular weight is 375 g/mol. The monoisotopic (exact) mass is 374 g/mol. The Morgan fingerprint density at radius 2 is 1.76 bits per heavy atom. The van der Waals surface area contributed by atoms with Crippen LogP contribution in [-0.2, 0) is 19.6 Å². The van der Waals surface area contributed by atoms with Crippen LogP contribution in [0.1, 0.15) is 53.9 Å². The van der Waals surface area contributed by atoms with Crippen LogP contribution in [0.2, 0.25) is 0 Å². The Bertz CT molecular complexity index is 674. The second kappa shape index (κ2) is 5.94. The molecule has 0 unspecified atom stereocenters. The van der Waals surface area contributed by atoms with Gasteiger partial charge < -0.3 is 10.0 Å². The van der Waals surface area contributed by atoms with Crippen molar-refractivity contribution in [3.05, 3.63) is 0 Å². The van der Waals surface area contributed by atoms with Crippen LogP contribution in [0.5, 0.6) is 0 Å². The molecule has 1 saturated carbocycles. The third kappa shape index (κ3) is 4.00. The maximum absolute atomic E-state index is 13.2. The summed E-state index contributed by atoms with van der Waals surface area (Å²) in [5.74, 6) is -1.49. The van der Waals surface area contributed by atoms with E-state index < -0.39 is 39.4 Å². The molecule has 1 saturated heterocycles. The molecule has 7 nitrogen and oxygen atoms in total. The van der Waals surface area contributed by atoms with Crippen LogP contribution >= 0.6 is 0 Å². The van der Waals surface area contributed by atoms with E-state index in [-0.39, 0.29) is 10.8 Å². The van der Waals surface area contributed by atoms with Crippen LogP contribution in [0, 0.1) is 16.2 Å². The van der Waals surface area contributed by atoms with E-state index in [1.165, 1.54) is 4.90 Å². The molecule has 0 aromatic heterocycles. The molecule has 0 aromatic carbocycles. The van der Waals surface area contributed by atoms with Crippen LogP contribution in [0.15, 0.2) is 0 Å². The molecule has 2 aliphatic rings. The van der Waals surface area contributed by atoms with Crippen LogP contribution < -0.4 is 4.72 Å². The highest BCUT2D eigenvalue weighted by Crippen LogP contribution is 2.63. The van der Waals surface area contributed by atoms with Crippen molar-refractivity contribution in [3.8, 4) is 0 Å². The minimum atomic E-state index is -3.61. The van der Waals surface area contributed by atoms with Gasteiger partial charge in [0.25, 0.3) is 0 Å². The molecule has 2 atom stereocenters. The second-order valence-electron chi connectivity index (χ2n) is 9.38. The Balaban J connectivity index is 2.38. The first-order chi connectivity index (χ1) is 11.1. The molecule has 2 N–H and O–H groups in total. The standard InChI is InChI=1S/C17H30N2O5S/c1-15(2,3)12(18-25(6,23)24)13(20)19-10-17(7-8-17)16(4,5)9-11(19)14(21)22/h11-12,18H,7-10H2,1-6H3,(H,21,22)/t11-,12+/m0/s1. The zero-order valence-corrected chi connectivity index (χ0v) is 16.7. The van der Waals surface area contributed by atoms with E-state index in [2.05, 4.69) is 18.6 Å². The van der Waals surface area contributed by atoms with Crippen LogP contribution in [0.25, 0.3) is 0 Å². The van der Waals surface area contributed by atoms with Crippen molar-refractivity contribution < 1.29 is 23.1 Å². The predicted octanol–water partition coefficient (Wildman–Crippen LogP) is 1.44. The lowest BCUT2D eigenvalue weighted by molar-refractivity contribution is -0.160. The molecule has 25 heavy (non-hydrogen) atoms. The molecule has 8 heteroatoms. The molecule has 0 aromatic rings. The Labute approximate surface area is 150 Å². The summed E-state index contributed by atoms with van der Waals surface area (Å²) < 4.78 is 25.9. The number of carboxylic acid groups (broad SMARTS) is 1. The van der Waals surface area contributed by atoms with Gasteiger partial charge in [-0.05, 0) is 35.5 Å². The summed E-state index contributed by atoms with van der Waals surface area (Å²) in [6, 6.07) is -1.93. The summed E-state index contributed by atoms with van der Waals surface area (Å²) >= 11 is 0. The maximum Gasteiger partial charge on any atom is 0.326 e. The summed E-state index contributed by atoms with van der Waals surface area (Å²) in [6.07, 6.45) is 3.32. The van der Waals surface area contributed by atoms with Gasteiger partial charge in [0, 0.05) is 6.54 Å². The largest absolute Gasteiger partial charge is 0.480 e. The van der Waals surface area contributed by atoms with Crippen molar-refractivity contribution >= 4 is 21.9 Å². The third-order valence-corrected chi connectivity index (χ3v) is 6.52. The molecule has 1 heterocycles. The molecule has 0 radical (unpaired) electrons. The first kappa shape index (κ1) is 20.2. The van der Waals surface area contributed by atoms with E-state index in [1.807, 2.05) is 0 Å². The Morgan fingerprint density at radius 1 is 1.24 bits per heavy atom. The number of likely N-dealkylation sites (tertiary alicyclic amines) is 1. The van der Waals surface area contributed by atoms with E-state index in [9.17, 15) is 23.1 Å². The van der Waals surface area contributed by atoms with Gasteiger partial charge in [0.15, 0.2) is 0 Å². The van der Waals surface area contributed by atoms with Gasteiger partial charge in [-0.3, -0.25) is 4.79 Å². The topological polar surface area (TPSA) is 104 Å². The molecule has 1 aliphatic heterocycles. The Hall–Kier alpha value is -1.15. The number of sulfonamides is 1. The SMILES string of the molecule is CC(C)(C)[C@H](NS(C)(=O)=O)C(=O)N1CC2(CC2)C(C)(C)C[C@H]1C(=O)O. The molecule has 2 fully saturated rings. The van der Waals surface area contributed by atoms with Gasteiger partial charge in [-0.2, -0.15) is 0 Å². The number of carboxylic acids is 1. The normalized spacial score (nSPS) is 26.3. The van der Waals surface area contributed by atoms with Crippen molar-refractivity contribution in [2.75, 3.05) is 12.8 Å². The van der Waals surface area contributed by atoms with E-state index in [4.69, 9.17) is 0 Å². The summed E-state index contributed by atoms with van der Waals surface area (Å²) in [5.41, 5.74) is -0.886. The lowest BCUT2D eigenvalue weighted by Gasteiger charge is -2.49. The third-order valence-electron chi connectivity index (χ3n) is 5.86. The smallest absolute Gasteiger partial charge is 0.326 e. The van der Waals surface area contributed by atoms with E-state index >= 15 is 0 Å². The first-order valence-electron chi connectivity index (χ1n) is 8.60. The number of hydrogen-bond donors (Lipinski definition) is 2. The average Bonchev–Trinajstić information content (AvgIpc) is 3.17. The van der Waals surface area contributed by atoms with Crippen LogP contribution in [-0.4, -0.2) is 55.2 Å². The Kier molecular flexibility index (Phi) is 4.79. The predicted molar refractivity (Wildman–Crippen MR) is 94.4 cm³/mol. The van der Waals surface area contributed by atoms with E-state index in [1.54, 1.807) is 20.8 Å². The lowest BCUT2D eigenvalue weighted by Crippen LogP contribution is -2.63. The van der Waals surface area contributed by atoms with E-state index in [0.29, 0.717) is 13.0 Å². The number of aliphatic carboxylic acids is 1. The maximum atomic E-state index is 13.2. The van der Waals surface area contributed by atoms with Gasteiger partial charge >= 0.3 is 5.97 Å². The van der Waals surface area contributed by atoms with Crippen molar-refractivity contribution in [2.45, 2.75) is 66.0 Å². The summed E-state index contributed by atoms with van der Waals surface area (Å²) in [5, 5.41) is 9.67. The lowest BCUT2D eigenvalue weighted by atomic mass is 9.67. The molecular weight excluding hydrogens is 344 g/mol. The summed E-state index contributed by atoms with van der Waals surface area (Å²) in [7, 11) is -3.61. The number of nitrogens with one attached hydrogen (secondary N) is 1. The fourth-order valence-electron chi connectivity index (χ4n) is 3.88. The van der Waals surface area contributed by atoms with Crippen LogP contribution in [0.3, 0.4) is 0 Å². The number of rotatable bonds is 4. The molecule has 1 aliphatic carbocycles. The number of carbonyl (C=O) groups is 2. The molecule has 144 valence electrons. The number of piperidine rings is 1. The molecular formula is C17H30N2O5S.